The Morgan fingerprint density at radius 3 is 0.800 bits per heavy atom. The van der Waals surface area contributed by atoms with E-state index in [1.165, 1.54) is 0 Å². The second-order valence-electron chi connectivity index (χ2n) is 1.57. The second kappa shape index (κ2) is 7.12. The van der Waals surface area contributed by atoms with E-state index in [9.17, 15) is 26.3 Å². The molecule has 11 heteroatoms. The van der Waals surface area contributed by atoms with Gasteiger partial charge in [0.1, 0.15) is 11.9 Å². The third kappa shape index (κ3) is 13.8. The molecule has 15 heavy (non-hydrogen) atoms. The molecule has 84 valence electrons. The summed E-state index contributed by atoms with van der Waals surface area (Å²) in [6, 6.07) is 0. The molecule has 0 atom stereocenters. The number of halogens is 6. The largest absolute Gasteiger partial charge is 2.00 e. The summed E-state index contributed by atoms with van der Waals surface area (Å²) in [5, 5.41) is 17.6. The molecule has 0 aromatic rings. The monoisotopic (exact) mass is 266 g/mol. The zero-order chi connectivity index (χ0) is 12.2. The van der Waals surface area contributed by atoms with Gasteiger partial charge < -0.3 is 19.8 Å². The van der Waals surface area contributed by atoms with E-state index in [0.717, 1.165) is 0 Å². The first-order valence-corrected chi connectivity index (χ1v) is 2.45. The summed E-state index contributed by atoms with van der Waals surface area (Å²) in [4.78, 5) is 17.6. The molecule has 0 aromatic heterocycles. The fourth-order valence-electron chi connectivity index (χ4n) is 0. The molecule has 0 unspecified atom stereocenters. The predicted octanol–water partition coefficient (Wildman–Crippen LogP) is -1.78. The Kier molecular flexibility index (Phi) is 9.60. The van der Waals surface area contributed by atoms with E-state index >= 15 is 0 Å². The molecule has 0 spiro atoms. The van der Waals surface area contributed by atoms with Gasteiger partial charge in [-0.2, -0.15) is 26.3 Å². The molecule has 0 heterocycles. The van der Waals surface area contributed by atoms with E-state index in [-0.39, 0.29) is 37.7 Å². The minimum absolute atomic E-state index is 0. The van der Waals surface area contributed by atoms with Crippen LogP contribution in [0.15, 0.2) is 0 Å². The van der Waals surface area contributed by atoms with Gasteiger partial charge in [-0.05, 0) is 0 Å². The van der Waals surface area contributed by atoms with Crippen molar-refractivity contribution >= 4 is 49.7 Å². The smallest absolute Gasteiger partial charge is 0.542 e. The number of alkyl halides is 6. The zero-order valence-corrected chi connectivity index (χ0v) is 8.82. The average Bonchev–Trinajstić information content (AvgIpc) is 1.83. The molecule has 0 amide bonds. The number of carbonyl (C=O) groups is 2. The van der Waals surface area contributed by atoms with Gasteiger partial charge in [-0.25, -0.2) is 0 Å². The normalized spacial score (nSPS) is 10.5. The Hall–Kier alpha value is -0.220. The van der Waals surface area contributed by atoms with Gasteiger partial charge in [0, 0.05) is 0 Å². The zero-order valence-electron chi connectivity index (χ0n) is 6.61. The Morgan fingerprint density at radius 1 is 0.733 bits per heavy atom. The number of carboxylic acids is 2. The van der Waals surface area contributed by atoms with Crippen LogP contribution in [0.25, 0.3) is 0 Å². The van der Waals surface area contributed by atoms with E-state index in [0.29, 0.717) is 0 Å². The maximum atomic E-state index is 10.5. The van der Waals surface area contributed by atoms with E-state index in [1.807, 2.05) is 0 Å². The van der Waals surface area contributed by atoms with Crippen molar-refractivity contribution in [1.29, 1.82) is 0 Å². The van der Waals surface area contributed by atoms with Gasteiger partial charge in [0.25, 0.3) is 0 Å². The summed E-state index contributed by atoms with van der Waals surface area (Å²) in [5.74, 6) is -6.01. The van der Waals surface area contributed by atoms with Gasteiger partial charge in [-0.1, -0.05) is 0 Å². The molecule has 0 bridgehead atoms. The quantitative estimate of drug-likeness (QED) is 0.383. The summed E-state index contributed by atoms with van der Waals surface area (Å²) < 4.78 is 63.1. The van der Waals surface area contributed by atoms with Crippen molar-refractivity contribution in [3.8, 4) is 0 Å². The molecule has 0 radical (unpaired) electrons. The molecule has 4 nitrogen and oxygen atoms in total. The Balaban J connectivity index is -0.000000180. The van der Waals surface area contributed by atoms with Crippen molar-refractivity contribution in [2.45, 2.75) is 12.4 Å². The average molecular weight is 266 g/mol. The predicted molar refractivity (Wildman–Crippen MR) is 27.9 cm³/mol. The summed E-state index contributed by atoms with van der Waals surface area (Å²) in [6.07, 6.45) is -10.4. The molecule has 0 aliphatic heterocycles. The summed E-state index contributed by atoms with van der Waals surface area (Å²) in [5.41, 5.74) is 0. The van der Waals surface area contributed by atoms with E-state index in [2.05, 4.69) is 0 Å². The van der Waals surface area contributed by atoms with E-state index in [1.54, 1.807) is 0 Å². The molecule has 0 saturated carbocycles. The first-order valence-electron chi connectivity index (χ1n) is 2.45. The summed E-state index contributed by atoms with van der Waals surface area (Å²) in [6.45, 7) is 0. The molecule has 0 fully saturated rings. The maximum absolute atomic E-state index is 10.5. The van der Waals surface area contributed by atoms with Crippen LogP contribution >= 0.6 is 0 Å². The van der Waals surface area contributed by atoms with Crippen molar-refractivity contribution in [2.24, 2.45) is 0 Å². The van der Waals surface area contributed by atoms with Crippen LogP contribution in [0.3, 0.4) is 0 Å². The van der Waals surface area contributed by atoms with Crippen LogP contribution in [0.4, 0.5) is 26.3 Å². The van der Waals surface area contributed by atoms with E-state index in [4.69, 9.17) is 19.8 Å². The Morgan fingerprint density at radius 2 is 0.800 bits per heavy atom. The van der Waals surface area contributed by atoms with Gasteiger partial charge in [-0.3, -0.25) is 0 Å². The van der Waals surface area contributed by atoms with Gasteiger partial charge in [0.2, 0.25) is 0 Å². The van der Waals surface area contributed by atoms with Gasteiger partial charge >= 0.3 is 50.1 Å². The van der Waals surface area contributed by atoms with Crippen molar-refractivity contribution in [1.82, 2.24) is 0 Å². The summed E-state index contributed by atoms with van der Waals surface area (Å²) >= 11 is 0. The fraction of sp³-hybridized carbons (Fsp3) is 0.500. The number of carboxylic acid groups (broad SMARTS) is 2. The molecule has 0 aliphatic rings. The van der Waals surface area contributed by atoms with Crippen LogP contribution in [0.1, 0.15) is 0 Å². The summed E-state index contributed by atoms with van der Waals surface area (Å²) in [7, 11) is 0. The van der Waals surface area contributed by atoms with Crippen molar-refractivity contribution < 1.29 is 46.1 Å². The van der Waals surface area contributed by atoms with Gasteiger partial charge in [0.05, 0.1) is 0 Å². The molecule has 0 saturated heterocycles. The fourth-order valence-corrected chi connectivity index (χ4v) is 0. The number of hydrogen-bond donors (Lipinski definition) is 0. The van der Waals surface area contributed by atoms with Crippen LogP contribution in [0.2, 0.25) is 0 Å². The second-order valence-corrected chi connectivity index (χ2v) is 1.57. The third-order valence-corrected chi connectivity index (χ3v) is 0.463. The Bertz CT molecular complexity index is 196. The first-order chi connectivity index (χ1) is 5.89. The molecule has 0 aromatic carbocycles. The van der Waals surface area contributed by atoms with Crippen molar-refractivity contribution in [3.63, 3.8) is 0 Å². The van der Waals surface area contributed by atoms with Crippen molar-refractivity contribution in [2.75, 3.05) is 0 Å². The molecule has 0 N–H and O–H groups in total. The van der Waals surface area contributed by atoms with Crippen molar-refractivity contribution in [3.05, 3.63) is 0 Å². The van der Waals surface area contributed by atoms with Crippen LogP contribution in [0, 0.1) is 0 Å². The first kappa shape index (κ1) is 20.2. The number of rotatable bonds is 0. The Labute approximate surface area is 108 Å². The number of aliphatic carboxylic acids is 2. The minimum atomic E-state index is -5.19. The van der Waals surface area contributed by atoms with Crippen LogP contribution in [0.5, 0.6) is 0 Å². The molecule has 0 aliphatic carbocycles. The molecular weight excluding hydrogens is 266 g/mol. The minimum Gasteiger partial charge on any atom is -0.542 e. The molecular formula is C4CaF6O4. The number of carbonyl (C=O) groups excluding carboxylic acids is 2. The van der Waals surface area contributed by atoms with Crippen LogP contribution in [-0.2, 0) is 9.59 Å². The molecule has 0 rings (SSSR count). The van der Waals surface area contributed by atoms with Gasteiger partial charge in [0.15, 0.2) is 0 Å². The standard InChI is InChI=1S/2C2HF3O2.Ca/c2*3-2(4,5)1(6)7;/h2*(H,6,7);/q;;+2/p-2. The topological polar surface area (TPSA) is 80.3 Å². The van der Waals surface area contributed by atoms with Gasteiger partial charge in [-0.15, -0.1) is 0 Å². The third-order valence-electron chi connectivity index (χ3n) is 0.463. The van der Waals surface area contributed by atoms with E-state index < -0.39 is 24.3 Å². The van der Waals surface area contributed by atoms with Crippen LogP contribution < -0.4 is 10.2 Å². The van der Waals surface area contributed by atoms with Crippen LogP contribution in [-0.4, -0.2) is 62.0 Å². The number of hydrogen-bond acceptors (Lipinski definition) is 4. The SMILES string of the molecule is O=C([O-])C(F)(F)F.O=C([O-])C(F)(F)F.[Ca+2]. The maximum Gasteiger partial charge on any atom is 2.00 e.